The number of fused-ring (bicyclic) bond motifs is 6. The average molecular weight is 679 g/mol. The lowest BCUT2D eigenvalue weighted by Gasteiger charge is -2.12. The van der Waals surface area contributed by atoms with E-state index < -0.39 is 0 Å². The van der Waals surface area contributed by atoms with E-state index in [9.17, 15) is 20.4 Å². The summed E-state index contributed by atoms with van der Waals surface area (Å²) in [6, 6.07) is 40.0. The van der Waals surface area contributed by atoms with Gasteiger partial charge in [0.05, 0.1) is 61.7 Å². The van der Waals surface area contributed by atoms with Gasteiger partial charge < -0.3 is 39.0 Å². The highest BCUT2D eigenvalue weighted by atomic mass is 16.5. The van der Waals surface area contributed by atoms with E-state index in [-0.39, 0.29) is 26.4 Å². The largest absolute Gasteiger partial charge is 0.493 e. The Bertz CT molecular complexity index is 2200. The van der Waals surface area contributed by atoms with E-state index in [0.717, 1.165) is 88.7 Å². The molecule has 6 aromatic carbocycles. The van der Waals surface area contributed by atoms with E-state index in [1.165, 1.54) is 0 Å². The molecule has 0 radical (unpaired) electrons. The van der Waals surface area contributed by atoms with Crippen LogP contribution in [0.5, 0.6) is 11.5 Å². The maximum absolute atomic E-state index is 9.73. The van der Waals surface area contributed by atoms with Gasteiger partial charge in [-0.05, 0) is 119 Å². The number of rotatable bonds is 12. The Kier molecular flexibility index (Phi) is 8.90. The number of aromatic nitrogens is 2. The SMILES string of the molecule is OCc1ccc2c(c1)c1cc(CO)ccc1n2-c1ccc(OCCCOc2ccc(-n3c4ccc(CO)cc4c4cc(CO)ccc43)cc2)cc1. The smallest absolute Gasteiger partial charge is 0.119 e. The lowest BCUT2D eigenvalue weighted by molar-refractivity contribution is 0.247. The fraction of sp³-hybridized carbons (Fsp3) is 0.163. The van der Waals surface area contributed by atoms with Crippen molar-refractivity contribution in [2.24, 2.45) is 0 Å². The summed E-state index contributed by atoms with van der Waals surface area (Å²) in [5.41, 5.74) is 9.48. The summed E-state index contributed by atoms with van der Waals surface area (Å²) >= 11 is 0. The van der Waals surface area contributed by atoms with Gasteiger partial charge in [-0.3, -0.25) is 0 Å². The summed E-state index contributed by atoms with van der Waals surface area (Å²) in [5.74, 6) is 1.55. The minimum Gasteiger partial charge on any atom is -0.493 e. The molecule has 0 fully saturated rings. The summed E-state index contributed by atoms with van der Waals surface area (Å²) in [6.07, 6.45) is 0.712. The molecule has 256 valence electrons. The molecule has 8 aromatic rings. The van der Waals surface area contributed by atoms with Crippen LogP contribution in [0.3, 0.4) is 0 Å². The van der Waals surface area contributed by atoms with Crippen molar-refractivity contribution < 1.29 is 29.9 Å². The van der Waals surface area contributed by atoms with Crippen molar-refractivity contribution in [1.29, 1.82) is 0 Å². The topological polar surface area (TPSA) is 109 Å². The monoisotopic (exact) mass is 678 g/mol. The molecule has 4 N–H and O–H groups in total. The molecular formula is C43H38N2O6. The van der Waals surface area contributed by atoms with Crippen LogP contribution in [0.4, 0.5) is 0 Å². The quantitative estimate of drug-likeness (QED) is 0.0987. The average Bonchev–Trinajstić information content (AvgIpc) is 3.69. The lowest BCUT2D eigenvalue weighted by atomic mass is 10.1. The van der Waals surface area contributed by atoms with Gasteiger partial charge in [0.2, 0.25) is 0 Å². The summed E-state index contributed by atoms with van der Waals surface area (Å²) in [6.45, 7) is 0.892. The molecule has 51 heavy (non-hydrogen) atoms. The molecule has 0 aliphatic carbocycles. The third-order valence-electron chi connectivity index (χ3n) is 9.53. The number of ether oxygens (including phenoxy) is 2. The molecule has 2 heterocycles. The minimum absolute atomic E-state index is 0.0307. The molecule has 0 bridgehead atoms. The Balaban J connectivity index is 0.923. The minimum atomic E-state index is -0.0307. The summed E-state index contributed by atoms with van der Waals surface area (Å²) in [7, 11) is 0. The van der Waals surface area contributed by atoms with Crippen molar-refractivity contribution in [3.05, 3.63) is 144 Å². The van der Waals surface area contributed by atoms with E-state index in [1.807, 2.05) is 121 Å². The maximum Gasteiger partial charge on any atom is 0.119 e. The Morgan fingerprint density at radius 2 is 0.667 bits per heavy atom. The maximum atomic E-state index is 9.73. The number of hydrogen-bond donors (Lipinski definition) is 4. The summed E-state index contributed by atoms with van der Waals surface area (Å²) in [5, 5.41) is 43.1. The first-order chi connectivity index (χ1) is 25.1. The van der Waals surface area contributed by atoms with Crippen LogP contribution in [-0.2, 0) is 26.4 Å². The van der Waals surface area contributed by atoms with Gasteiger partial charge in [0.25, 0.3) is 0 Å². The molecule has 0 saturated carbocycles. The molecule has 8 heteroatoms. The van der Waals surface area contributed by atoms with Crippen LogP contribution in [0.2, 0.25) is 0 Å². The molecule has 0 atom stereocenters. The highest BCUT2D eigenvalue weighted by molar-refractivity contribution is 6.10. The van der Waals surface area contributed by atoms with Crippen LogP contribution in [-0.4, -0.2) is 42.8 Å². The van der Waals surface area contributed by atoms with Crippen LogP contribution in [0.15, 0.2) is 121 Å². The van der Waals surface area contributed by atoms with Crippen LogP contribution < -0.4 is 9.47 Å². The van der Waals surface area contributed by atoms with E-state index >= 15 is 0 Å². The Labute approximate surface area is 294 Å². The molecular weight excluding hydrogens is 640 g/mol. The number of aliphatic hydroxyl groups is 4. The highest BCUT2D eigenvalue weighted by Crippen LogP contribution is 2.35. The van der Waals surface area contributed by atoms with E-state index in [1.54, 1.807) is 0 Å². The zero-order valence-electron chi connectivity index (χ0n) is 28.0. The Hall–Kier alpha value is -5.64. The van der Waals surface area contributed by atoms with Crippen LogP contribution in [0.1, 0.15) is 28.7 Å². The van der Waals surface area contributed by atoms with Crippen molar-refractivity contribution >= 4 is 43.6 Å². The highest BCUT2D eigenvalue weighted by Gasteiger charge is 2.15. The van der Waals surface area contributed by atoms with Crippen molar-refractivity contribution in [2.45, 2.75) is 32.8 Å². The predicted molar refractivity (Wildman–Crippen MR) is 201 cm³/mol. The second-order valence-electron chi connectivity index (χ2n) is 12.7. The molecule has 0 saturated heterocycles. The molecule has 0 amide bonds. The first-order valence-electron chi connectivity index (χ1n) is 17.1. The number of nitrogens with zero attached hydrogens (tertiary/aromatic N) is 2. The van der Waals surface area contributed by atoms with Gasteiger partial charge in [0, 0.05) is 39.3 Å². The van der Waals surface area contributed by atoms with Gasteiger partial charge >= 0.3 is 0 Å². The van der Waals surface area contributed by atoms with Gasteiger partial charge in [-0.1, -0.05) is 24.3 Å². The summed E-state index contributed by atoms with van der Waals surface area (Å²) in [4.78, 5) is 0. The molecule has 0 unspecified atom stereocenters. The fourth-order valence-corrected chi connectivity index (χ4v) is 7.01. The normalized spacial score (nSPS) is 11.7. The van der Waals surface area contributed by atoms with E-state index in [4.69, 9.17) is 9.47 Å². The third kappa shape index (κ3) is 6.09. The van der Waals surface area contributed by atoms with Crippen molar-refractivity contribution in [3.8, 4) is 22.9 Å². The fourth-order valence-electron chi connectivity index (χ4n) is 7.01. The third-order valence-corrected chi connectivity index (χ3v) is 9.53. The molecule has 0 aliphatic rings. The van der Waals surface area contributed by atoms with Gasteiger partial charge in [0.15, 0.2) is 0 Å². The second-order valence-corrected chi connectivity index (χ2v) is 12.7. The van der Waals surface area contributed by atoms with Crippen LogP contribution >= 0.6 is 0 Å². The predicted octanol–water partition coefficient (Wildman–Crippen LogP) is 7.70. The van der Waals surface area contributed by atoms with Crippen molar-refractivity contribution in [3.63, 3.8) is 0 Å². The number of benzene rings is 6. The molecule has 8 rings (SSSR count). The van der Waals surface area contributed by atoms with Gasteiger partial charge in [-0.25, -0.2) is 0 Å². The van der Waals surface area contributed by atoms with Gasteiger partial charge in [-0.2, -0.15) is 0 Å². The molecule has 0 spiro atoms. The zero-order chi connectivity index (χ0) is 34.9. The van der Waals surface area contributed by atoms with Crippen LogP contribution in [0.25, 0.3) is 55.0 Å². The first-order valence-corrected chi connectivity index (χ1v) is 17.1. The standard InChI is InChI=1S/C43H38N2O6/c46-24-28-2-14-40-36(20-28)37-21-29(25-47)3-15-41(37)44(40)32-6-10-34(11-7-32)50-18-1-19-51-35-12-8-33(9-13-35)45-42-16-4-30(26-48)22-38(42)39-23-31(27-49)5-17-43(39)45/h2-17,20-23,46-49H,1,18-19,24-27H2. The van der Waals surface area contributed by atoms with Gasteiger partial charge in [-0.15, -0.1) is 0 Å². The second kappa shape index (κ2) is 13.9. The van der Waals surface area contributed by atoms with Gasteiger partial charge in [0.1, 0.15) is 11.5 Å². The first kappa shape index (κ1) is 32.6. The van der Waals surface area contributed by atoms with Crippen molar-refractivity contribution in [2.75, 3.05) is 13.2 Å². The van der Waals surface area contributed by atoms with Crippen molar-refractivity contribution in [1.82, 2.24) is 9.13 Å². The summed E-state index contributed by atoms with van der Waals surface area (Å²) < 4.78 is 16.5. The Morgan fingerprint density at radius 1 is 0.373 bits per heavy atom. The molecule has 2 aromatic heterocycles. The molecule has 8 nitrogen and oxygen atoms in total. The molecule has 0 aliphatic heterocycles. The van der Waals surface area contributed by atoms with E-state index in [2.05, 4.69) is 9.13 Å². The number of hydrogen-bond acceptors (Lipinski definition) is 6. The zero-order valence-corrected chi connectivity index (χ0v) is 28.0. The van der Waals surface area contributed by atoms with E-state index in [0.29, 0.717) is 19.6 Å². The number of aliphatic hydroxyl groups excluding tert-OH is 4. The lowest BCUT2D eigenvalue weighted by Crippen LogP contribution is -2.05. The van der Waals surface area contributed by atoms with Crippen LogP contribution in [0, 0.1) is 0 Å². The Morgan fingerprint density at radius 3 is 0.941 bits per heavy atom.